The Labute approximate surface area is 95.0 Å². The summed E-state index contributed by atoms with van der Waals surface area (Å²) in [6.45, 7) is 5.22. The van der Waals surface area contributed by atoms with E-state index < -0.39 is 18.0 Å². The van der Waals surface area contributed by atoms with Gasteiger partial charge >= 0.3 is 5.97 Å². The first kappa shape index (κ1) is 12.5. The van der Waals surface area contributed by atoms with Gasteiger partial charge in [-0.05, 0) is 18.9 Å². The molecule has 0 bridgehead atoms. The van der Waals surface area contributed by atoms with Crippen molar-refractivity contribution in [2.45, 2.75) is 19.4 Å². The van der Waals surface area contributed by atoms with Crippen LogP contribution in [-0.4, -0.2) is 22.3 Å². The molecular weight excluding hydrogens is 204 g/mol. The minimum absolute atomic E-state index is 0.310. The highest BCUT2D eigenvalue weighted by Crippen LogP contribution is 2.17. The maximum Gasteiger partial charge on any atom is 0.309 e. The summed E-state index contributed by atoms with van der Waals surface area (Å²) in [6, 6.07) is 9.26. The number of aliphatic hydroxyl groups excluding tert-OH is 1. The third-order valence-corrected chi connectivity index (χ3v) is 2.50. The molecule has 1 rings (SSSR count). The third kappa shape index (κ3) is 3.21. The van der Waals surface area contributed by atoms with Gasteiger partial charge in [-0.25, -0.2) is 0 Å². The lowest BCUT2D eigenvalue weighted by molar-refractivity contribution is -0.144. The van der Waals surface area contributed by atoms with Crippen LogP contribution in [0.25, 0.3) is 0 Å². The number of carboxylic acids is 1. The van der Waals surface area contributed by atoms with Gasteiger partial charge in [-0.15, -0.1) is 0 Å². The van der Waals surface area contributed by atoms with Crippen molar-refractivity contribution in [3.8, 4) is 0 Å². The van der Waals surface area contributed by atoms with Crippen LogP contribution in [0.2, 0.25) is 0 Å². The molecule has 0 amide bonds. The summed E-state index contributed by atoms with van der Waals surface area (Å²) in [5, 5.41) is 18.8. The van der Waals surface area contributed by atoms with Crippen LogP contribution in [0.4, 0.5) is 0 Å². The third-order valence-electron chi connectivity index (χ3n) is 2.50. The Bertz CT molecular complexity index is 370. The molecule has 16 heavy (non-hydrogen) atoms. The van der Waals surface area contributed by atoms with Gasteiger partial charge < -0.3 is 10.2 Å². The fraction of sp³-hybridized carbons (Fsp3) is 0.308. The molecular formula is C13H16O3. The van der Waals surface area contributed by atoms with Crippen LogP contribution in [0.5, 0.6) is 0 Å². The van der Waals surface area contributed by atoms with Gasteiger partial charge in [-0.2, -0.15) is 0 Å². The van der Waals surface area contributed by atoms with Gasteiger partial charge in [-0.1, -0.05) is 42.5 Å². The van der Waals surface area contributed by atoms with Crippen molar-refractivity contribution in [1.82, 2.24) is 0 Å². The summed E-state index contributed by atoms with van der Waals surface area (Å²) in [6.07, 6.45) is -0.692. The molecule has 3 heteroatoms. The van der Waals surface area contributed by atoms with E-state index in [0.717, 1.165) is 5.56 Å². The lowest BCUT2D eigenvalue weighted by atomic mass is 9.91. The molecule has 2 atom stereocenters. The van der Waals surface area contributed by atoms with E-state index in [2.05, 4.69) is 6.58 Å². The predicted octanol–water partition coefficient (Wildman–Crippen LogP) is 1.87. The van der Waals surface area contributed by atoms with E-state index in [0.29, 0.717) is 12.0 Å². The Morgan fingerprint density at radius 2 is 1.94 bits per heavy atom. The van der Waals surface area contributed by atoms with Gasteiger partial charge in [-0.3, -0.25) is 4.79 Å². The molecule has 1 aromatic rings. The van der Waals surface area contributed by atoms with E-state index in [-0.39, 0.29) is 0 Å². The van der Waals surface area contributed by atoms with Gasteiger partial charge in [0, 0.05) is 0 Å². The Hall–Kier alpha value is -1.61. The van der Waals surface area contributed by atoms with E-state index in [1.54, 1.807) is 6.92 Å². The highest BCUT2D eigenvalue weighted by Gasteiger charge is 2.26. The molecule has 0 saturated heterocycles. The minimum Gasteiger partial charge on any atom is -0.481 e. The van der Waals surface area contributed by atoms with Crippen LogP contribution in [0.1, 0.15) is 12.5 Å². The van der Waals surface area contributed by atoms with Crippen molar-refractivity contribution in [1.29, 1.82) is 0 Å². The standard InChI is InChI=1S/C13H16O3/c1-9(2)12(14)11(13(15)16)8-10-6-4-3-5-7-10/h3-7,11-12,14H,1,8H2,2H3,(H,15,16)/t11-,12+/m1/s1. The fourth-order valence-corrected chi connectivity index (χ4v) is 1.55. The van der Waals surface area contributed by atoms with Crippen molar-refractivity contribution < 1.29 is 15.0 Å². The lowest BCUT2D eigenvalue weighted by Gasteiger charge is -2.19. The molecule has 0 saturated carbocycles. The summed E-state index contributed by atoms with van der Waals surface area (Å²) >= 11 is 0. The second-order valence-corrected chi connectivity index (χ2v) is 3.93. The minimum atomic E-state index is -1.00. The van der Waals surface area contributed by atoms with Crippen molar-refractivity contribution in [2.75, 3.05) is 0 Å². The van der Waals surface area contributed by atoms with Crippen LogP contribution in [-0.2, 0) is 11.2 Å². The van der Waals surface area contributed by atoms with E-state index in [1.807, 2.05) is 30.3 Å². The molecule has 1 aromatic carbocycles. The highest BCUT2D eigenvalue weighted by atomic mass is 16.4. The van der Waals surface area contributed by atoms with Gasteiger partial charge in [0.15, 0.2) is 0 Å². The summed E-state index contributed by atoms with van der Waals surface area (Å²) < 4.78 is 0. The Morgan fingerprint density at radius 3 is 2.38 bits per heavy atom. The van der Waals surface area contributed by atoms with Crippen molar-refractivity contribution >= 4 is 5.97 Å². The zero-order valence-corrected chi connectivity index (χ0v) is 9.26. The van der Waals surface area contributed by atoms with Crippen molar-refractivity contribution in [3.05, 3.63) is 48.0 Å². The number of hydrogen-bond donors (Lipinski definition) is 2. The number of aliphatic hydroxyl groups is 1. The molecule has 2 N–H and O–H groups in total. The molecule has 0 fully saturated rings. The van der Waals surface area contributed by atoms with Crippen LogP contribution in [0.15, 0.2) is 42.5 Å². The SMILES string of the molecule is C=C(C)[C@H](O)[C@@H](Cc1ccccc1)C(=O)O. The first-order valence-electron chi connectivity index (χ1n) is 5.12. The number of hydrogen-bond acceptors (Lipinski definition) is 2. The second-order valence-electron chi connectivity index (χ2n) is 3.93. The van der Waals surface area contributed by atoms with Gasteiger partial charge in [0.05, 0.1) is 12.0 Å². The normalized spacial score (nSPS) is 14.1. The first-order chi connectivity index (χ1) is 7.52. The smallest absolute Gasteiger partial charge is 0.309 e. The van der Waals surface area contributed by atoms with Gasteiger partial charge in [0.25, 0.3) is 0 Å². The summed E-state index contributed by atoms with van der Waals surface area (Å²) in [4.78, 5) is 11.0. The molecule has 3 nitrogen and oxygen atoms in total. The Kier molecular flexibility index (Phi) is 4.26. The van der Waals surface area contributed by atoms with Crippen molar-refractivity contribution in [3.63, 3.8) is 0 Å². The van der Waals surface area contributed by atoms with Gasteiger partial charge in [0.1, 0.15) is 0 Å². The number of carbonyl (C=O) groups is 1. The summed E-state index contributed by atoms with van der Waals surface area (Å²) in [5.74, 6) is -1.83. The van der Waals surface area contributed by atoms with Gasteiger partial charge in [0.2, 0.25) is 0 Å². The number of carboxylic acid groups (broad SMARTS) is 1. The monoisotopic (exact) mass is 220 g/mol. The average molecular weight is 220 g/mol. The topological polar surface area (TPSA) is 57.5 Å². The summed E-state index contributed by atoms with van der Waals surface area (Å²) in [5.41, 5.74) is 1.37. The molecule has 0 aromatic heterocycles. The Balaban J connectivity index is 2.81. The number of aliphatic carboxylic acids is 1. The van der Waals surface area contributed by atoms with E-state index >= 15 is 0 Å². The summed E-state index contributed by atoms with van der Waals surface area (Å²) in [7, 11) is 0. The average Bonchev–Trinajstić information content (AvgIpc) is 2.26. The molecule has 0 unspecified atom stereocenters. The quantitative estimate of drug-likeness (QED) is 0.745. The zero-order chi connectivity index (χ0) is 12.1. The van der Waals surface area contributed by atoms with E-state index in [9.17, 15) is 9.90 Å². The number of benzene rings is 1. The maximum absolute atomic E-state index is 11.0. The molecule has 0 aliphatic rings. The van der Waals surface area contributed by atoms with Crippen LogP contribution >= 0.6 is 0 Å². The van der Waals surface area contributed by atoms with E-state index in [1.165, 1.54) is 0 Å². The maximum atomic E-state index is 11.0. The largest absolute Gasteiger partial charge is 0.481 e. The van der Waals surface area contributed by atoms with Crippen LogP contribution in [0.3, 0.4) is 0 Å². The van der Waals surface area contributed by atoms with E-state index in [4.69, 9.17) is 5.11 Å². The molecule has 0 radical (unpaired) electrons. The molecule has 0 aliphatic carbocycles. The van der Waals surface area contributed by atoms with Crippen molar-refractivity contribution in [2.24, 2.45) is 5.92 Å². The lowest BCUT2D eigenvalue weighted by Crippen LogP contribution is -2.30. The predicted molar refractivity (Wildman–Crippen MR) is 62.1 cm³/mol. The van der Waals surface area contributed by atoms with Crippen LogP contribution in [0, 0.1) is 5.92 Å². The molecule has 0 heterocycles. The molecule has 86 valence electrons. The highest BCUT2D eigenvalue weighted by molar-refractivity contribution is 5.71. The zero-order valence-electron chi connectivity index (χ0n) is 9.26. The second kappa shape index (κ2) is 5.47. The first-order valence-corrected chi connectivity index (χ1v) is 5.12. The number of rotatable bonds is 5. The molecule has 0 aliphatic heterocycles. The Morgan fingerprint density at radius 1 is 1.38 bits per heavy atom. The molecule has 0 spiro atoms. The fourth-order valence-electron chi connectivity index (χ4n) is 1.55. The van der Waals surface area contributed by atoms with Crippen LogP contribution < -0.4 is 0 Å².